The molecule has 1 aliphatic heterocycles. The summed E-state index contributed by atoms with van der Waals surface area (Å²) in [7, 11) is 0. The van der Waals surface area contributed by atoms with Crippen LogP contribution < -0.4 is 0 Å². The van der Waals surface area contributed by atoms with Crippen molar-refractivity contribution >= 4 is 0 Å². The fourth-order valence-electron chi connectivity index (χ4n) is 4.58. The van der Waals surface area contributed by atoms with Crippen molar-refractivity contribution in [1.29, 1.82) is 0 Å². The molecule has 0 spiro atoms. The summed E-state index contributed by atoms with van der Waals surface area (Å²) in [5, 5.41) is 9.87. The zero-order chi connectivity index (χ0) is 20.6. The molecule has 3 nitrogen and oxygen atoms in total. The maximum Gasteiger partial charge on any atom is 0.0586 e. The highest BCUT2D eigenvalue weighted by atomic mass is 16.3. The minimum absolute atomic E-state index is 0.249. The monoisotopic (exact) mass is 400 g/mol. The van der Waals surface area contributed by atoms with Crippen molar-refractivity contribution < 1.29 is 5.11 Å². The Kier molecular flexibility index (Phi) is 7.30. The van der Waals surface area contributed by atoms with Crippen molar-refractivity contribution in [2.45, 2.75) is 38.0 Å². The maximum absolute atomic E-state index is 9.87. The Morgan fingerprint density at radius 2 is 1.33 bits per heavy atom. The normalized spacial score (nSPS) is 18.0. The third kappa shape index (κ3) is 5.37. The second-order valence-corrected chi connectivity index (χ2v) is 8.28. The fourth-order valence-corrected chi connectivity index (χ4v) is 4.58. The van der Waals surface area contributed by atoms with Crippen LogP contribution in [-0.4, -0.2) is 40.6 Å². The van der Waals surface area contributed by atoms with Gasteiger partial charge in [-0.15, -0.1) is 0 Å². The van der Waals surface area contributed by atoms with E-state index in [1.54, 1.807) is 0 Å². The zero-order valence-corrected chi connectivity index (χ0v) is 17.6. The van der Waals surface area contributed by atoms with E-state index in [0.29, 0.717) is 0 Å². The van der Waals surface area contributed by atoms with Crippen molar-refractivity contribution in [3.63, 3.8) is 0 Å². The van der Waals surface area contributed by atoms with E-state index in [9.17, 15) is 5.11 Å². The first-order valence-corrected chi connectivity index (χ1v) is 11.1. The number of nitrogens with zero attached hydrogens (tertiary/aromatic N) is 2. The molecule has 0 unspecified atom stereocenters. The highest BCUT2D eigenvalue weighted by Crippen LogP contribution is 2.29. The second-order valence-electron chi connectivity index (χ2n) is 8.28. The molecular formula is C27H32N2O. The van der Waals surface area contributed by atoms with E-state index < -0.39 is 0 Å². The molecule has 0 aliphatic carbocycles. The summed E-state index contributed by atoms with van der Waals surface area (Å²) in [6.45, 7) is 4.05. The Labute approximate surface area is 180 Å². The van der Waals surface area contributed by atoms with Crippen LogP contribution in [0.1, 0.15) is 35.6 Å². The van der Waals surface area contributed by atoms with Crippen LogP contribution in [0.2, 0.25) is 0 Å². The van der Waals surface area contributed by atoms with Crippen molar-refractivity contribution in [2.24, 2.45) is 0 Å². The molecule has 3 aromatic rings. The van der Waals surface area contributed by atoms with Gasteiger partial charge in [0.05, 0.1) is 6.61 Å². The molecule has 1 aliphatic rings. The van der Waals surface area contributed by atoms with Gasteiger partial charge in [-0.2, -0.15) is 0 Å². The summed E-state index contributed by atoms with van der Waals surface area (Å²) in [5.74, 6) is 0. The lowest BCUT2D eigenvalue weighted by Crippen LogP contribution is -2.41. The first kappa shape index (κ1) is 20.8. The van der Waals surface area contributed by atoms with Crippen molar-refractivity contribution in [2.75, 3.05) is 19.7 Å². The van der Waals surface area contributed by atoms with Gasteiger partial charge in [0.1, 0.15) is 0 Å². The highest BCUT2D eigenvalue weighted by molar-refractivity contribution is 5.23. The van der Waals surface area contributed by atoms with Gasteiger partial charge in [-0.1, -0.05) is 91.0 Å². The van der Waals surface area contributed by atoms with E-state index in [2.05, 4.69) is 101 Å². The summed E-state index contributed by atoms with van der Waals surface area (Å²) in [6, 6.07) is 32.9. The fraction of sp³-hybridized carbons (Fsp3) is 0.333. The van der Waals surface area contributed by atoms with Crippen LogP contribution in [0.25, 0.3) is 0 Å². The van der Waals surface area contributed by atoms with Crippen LogP contribution in [0.4, 0.5) is 0 Å². The SMILES string of the molecule is OC[C@@H]1CCCN1C[C@@H](c1ccccc1)N(Cc1ccccc1)Cc1ccccc1. The molecule has 1 heterocycles. The quantitative estimate of drug-likeness (QED) is 0.554. The molecule has 1 fully saturated rings. The smallest absolute Gasteiger partial charge is 0.0586 e. The van der Waals surface area contributed by atoms with Gasteiger partial charge in [0.2, 0.25) is 0 Å². The Morgan fingerprint density at radius 1 is 0.800 bits per heavy atom. The Hall–Kier alpha value is -2.46. The molecule has 30 heavy (non-hydrogen) atoms. The van der Waals surface area contributed by atoms with Gasteiger partial charge in [-0.25, -0.2) is 0 Å². The molecule has 3 aromatic carbocycles. The van der Waals surface area contributed by atoms with Gasteiger partial charge in [0.25, 0.3) is 0 Å². The third-order valence-corrected chi connectivity index (χ3v) is 6.20. The molecule has 0 radical (unpaired) electrons. The van der Waals surface area contributed by atoms with Crippen LogP contribution in [0.15, 0.2) is 91.0 Å². The summed E-state index contributed by atoms with van der Waals surface area (Å²) in [4.78, 5) is 5.08. The topological polar surface area (TPSA) is 26.7 Å². The summed E-state index contributed by atoms with van der Waals surface area (Å²) in [5.41, 5.74) is 4.00. The summed E-state index contributed by atoms with van der Waals surface area (Å²) >= 11 is 0. The van der Waals surface area contributed by atoms with Crippen LogP contribution in [0, 0.1) is 0 Å². The molecular weight excluding hydrogens is 368 g/mol. The average Bonchev–Trinajstić information content (AvgIpc) is 3.26. The van der Waals surface area contributed by atoms with E-state index >= 15 is 0 Å². The maximum atomic E-state index is 9.87. The molecule has 0 bridgehead atoms. The third-order valence-electron chi connectivity index (χ3n) is 6.20. The molecule has 1 saturated heterocycles. The molecule has 2 atom stereocenters. The van der Waals surface area contributed by atoms with Crippen molar-refractivity contribution in [3.8, 4) is 0 Å². The lowest BCUT2D eigenvalue weighted by Gasteiger charge is -2.36. The first-order chi connectivity index (χ1) is 14.8. The molecule has 0 aromatic heterocycles. The summed E-state index contributed by atoms with van der Waals surface area (Å²) < 4.78 is 0. The molecule has 0 saturated carbocycles. The predicted molar refractivity (Wildman–Crippen MR) is 123 cm³/mol. The van der Waals surface area contributed by atoms with Crippen LogP contribution in [0.3, 0.4) is 0 Å². The van der Waals surface area contributed by atoms with E-state index in [0.717, 1.165) is 32.6 Å². The number of hydrogen-bond donors (Lipinski definition) is 1. The zero-order valence-electron chi connectivity index (χ0n) is 17.6. The first-order valence-electron chi connectivity index (χ1n) is 11.1. The highest BCUT2D eigenvalue weighted by Gasteiger charge is 2.29. The van der Waals surface area contributed by atoms with Gasteiger partial charge in [0.15, 0.2) is 0 Å². The predicted octanol–water partition coefficient (Wildman–Crippen LogP) is 4.89. The van der Waals surface area contributed by atoms with E-state index in [1.165, 1.54) is 23.1 Å². The largest absolute Gasteiger partial charge is 0.395 e. The number of aliphatic hydroxyl groups is 1. The van der Waals surface area contributed by atoms with Crippen molar-refractivity contribution in [3.05, 3.63) is 108 Å². The van der Waals surface area contributed by atoms with Gasteiger partial charge in [-0.05, 0) is 36.1 Å². The van der Waals surface area contributed by atoms with Crippen molar-refractivity contribution in [1.82, 2.24) is 9.80 Å². The van der Waals surface area contributed by atoms with E-state index in [-0.39, 0.29) is 18.7 Å². The standard InChI is InChI=1S/C27H32N2O/c30-22-26-17-10-18-28(26)21-27(25-15-8-3-9-16-25)29(19-23-11-4-1-5-12-23)20-24-13-6-2-7-14-24/h1-9,11-16,26-27,30H,10,17-22H2/t26-,27-/m0/s1. The second kappa shape index (κ2) is 10.5. The number of aliphatic hydroxyl groups excluding tert-OH is 1. The van der Waals surface area contributed by atoms with Crippen LogP contribution in [0.5, 0.6) is 0 Å². The average molecular weight is 401 g/mol. The van der Waals surface area contributed by atoms with Gasteiger partial charge < -0.3 is 5.11 Å². The number of hydrogen-bond acceptors (Lipinski definition) is 3. The number of rotatable bonds is 9. The van der Waals surface area contributed by atoms with Crippen LogP contribution >= 0.6 is 0 Å². The molecule has 4 rings (SSSR count). The molecule has 3 heteroatoms. The van der Waals surface area contributed by atoms with Gasteiger partial charge >= 0.3 is 0 Å². The van der Waals surface area contributed by atoms with E-state index in [4.69, 9.17) is 0 Å². The Bertz CT molecular complexity index is 828. The lowest BCUT2D eigenvalue weighted by atomic mass is 10.0. The molecule has 1 N–H and O–H groups in total. The molecule has 0 amide bonds. The van der Waals surface area contributed by atoms with Gasteiger partial charge in [-0.3, -0.25) is 9.80 Å². The lowest BCUT2D eigenvalue weighted by molar-refractivity contribution is 0.0956. The Morgan fingerprint density at radius 3 is 1.87 bits per heavy atom. The number of benzene rings is 3. The number of likely N-dealkylation sites (tertiary alicyclic amines) is 1. The minimum atomic E-state index is 0.249. The molecule has 156 valence electrons. The van der Waals surface area contributed by atoms with Crippen LogP contribution in [-0.2, 0) is 13.1 Å². The minimum Gasteiger partial charge on any atom is -0.395 e. The summed E-state index contributed by atoms with van der Waals surface area (Å²) in [6.07, 6.45) is 2.26. The van der Waals surface area contributed by atoms with Gasteiger partial charge in [0, 0.05) is 31.7 Å². The van der Waals surface area contributed by atoms with E-state index in [1.807, 2.05) is 0 Å². The Balaban J connectivity index is 1.65.